The first kappa shape index (κ1) is 20.6. The van der Waals surface area contributed by atoms with Gasteiger partial charge in [-0.15, -0.1) is 0 Å². The van der Waals surface area contributed by atoms with Gasteiger partial charge in [0.05, 0.1) is 0 Å². The van der Waals surface area contributed by atoms with E-state index in [2.05, 4.69) is 13.8 Å². The van der Waals surface area contributed by atoms with Crippen LogP contribution < -0.4 is 10.6 Å². The molecule has 2 aromatic carbocycles. The summed E-state index contributed by atoms with van der Waals surface area (Å²) in [5.41, 5.74) is 7.86. The van der Waals surface area contributed by atoms with Crippen LogP contribution in [0.4, 0.5) is 5.69 Å². The van der Waals surface area contributed by atoms with E-state index in [-0.39, 0.29) is 17.9 Å². The summed E-state index contributed by atoms with van der Waals surface area (Å²) in [6.45, 7) is 4.73. The van der Waals surface area contributed by atoms with Gasteiger partial charge in [-0.3, -0.25) is 9.59 Å². The van der Waals surface area contributed by atoms with Crippen molar-refractivity contribution >= 4 is 17.5 Å². The number of carbonyl (C=O) groups excluding carboxylic acids is 2. The molecule has 144 valence electrons. The van der Waals surface area contributed by atoms with Gasteiger partial charge in [0.15, 0.2) is 0 Å². The second-order valence-corrected chi connectivity index (χ2v) is 7.20. The van der Waals surface area contributed by atoms with Gasteiger partial charge in [-0.25, -0.2) is 0 Å². The van der Waals surface area contributed by atoms with Gasteiger partial charge >= 0.3 is 0 Å². The lowest BCUT2D eigenvalue weighted by atomic mass is 10.0. The van der Waals surface area contributed by atoms with Crippen LogP contribution in [0.2, 0.25) is 0 Å². The van der Waals surface area contributed by atoms with Crippen LogP contribution in [0, 0.1) is 5.92 Å². The zero-order valence-corrected chi connectivity index (χ0v) is 16.6. The SMILES string of the molecule is CC(C)C(N)CCN(C)C(=O)c1cccc(C(=O)N(C)c2ccccc2)c1. The van der Waals surface area contributed by atoms with Crippen LogP contribution in [0.5, 0.6) is 0 Å². The summed E-state index contributed by atoms with van der Waals surface area (Å²) < 4.78 is 0. The standard InChI is InChI=1S/C22H29N3O2/c1-16(2)20(23)13-14-24(3)21(26)17-9-8-10-18(15-17)22(27)25(4)19-11-6-5-7-12-19/h5-12,15-16,20H,13-14,23H2,1-4H3. The van der Waals surface area contributed by atoms with Crippen molar-refractivity contribution in [3.63, 3.8) is 0 Å². The Labute approximate surface area is 161 Å². The molecule has 0 aliphatic rings. The maximum Gasteiger partial charge on any atom is 0.258 e. The lowest BCUT2D eigenvalue weighted by Gasteiger charge is -2.22. The maximum atomic E-state index is 12.8. The van der Waals surface area contributed by atoms with Crippen molar-refractivity contribution < 1.29 is 9.59 Å². The summed E-state index contributed by atoms with van der Waals surface area (Å²) >= 11 is 0. The smallest absolute Gasteiger partial charge is 0.258 e. The van der Waals surface area contributed by atoms with E-state index in [4.69, 9.17) is 5.73 Å². The van der Waals surface area contributed by atoms with Gasteiger partial charge in [0.1, 0.15) is 0 Å². The van der Waals surface area contributed by atoms with E-state index in [1.54, 1.807) is 48.2 Å². The Kier molecular flexibility index (Phi) is 7.13. The molecule has 5 nitrogen and oxygen atoms in total. The lowest BCUT2D eigenvalue weighted by molar-refractivity contribution is 0.0789. The number of hydrogen-bond donors (Lipinski definition) is 1. The van der Waals surface area contributed by atoms with E-state index in [1.165, 1.54) is 0 Å². The Hall–Kier alpha value is -2.66. The van der Waals surface area contributed by atoms with Crippen LogP contribution in [0.25, 0.3) is 0 Å². The van der Waals surface area contributed by atoms with Crippen LogP contribution in [0.3, 0.4) is 0 Å². The second-order valence-electron chi connectivity index (χ2n) is 7.20. The third-order valence-corrected chi connectivity index (χ3v) is 4.81. The Morgan fingerprint density at radius 3 is 2.11 bits per heavy atom. The molecule has 5 heteroatoms. The minimum Gasteiger partial charge on any atom is -0.342 e. The molecule has 1 unspecified atom stereocenters. The number of rotatable bonds is 7. The highest BCUT2D eigenvalue weighted by Crippen LogP contribution is 2.16. The summed E-state index contributed by atoms with van der Waals surface area (Å²) in [6, 6.07) is 16.3. The van der Waals surface area contributed by atoms with Gasteiger partial charge in [0.25, 0.3) is 11.8 Å². The quantitative estimate of drug-likeness (QED) is 0.815. The Morgan fingerprint density at radius 2 is 1.52 bits per heavy atom. The number of nitrogens with two attached hydrogens (primary N) is 1. The number of anilines is 1. The van der Waals surface area contributed by atoms with Crippen molar-refractivity contribution in [3.8, 4) is 0 Å². The molecule has 0 saturated heterocycles. The van der Waals surface area contributed by atoms with Crippen LogP contribution in [0.1, 0.15) is 41.0 Å². The van der Waals surface area contributed by atoms with E-state index in [1.807, 2.05) is 30.3 Å². The molecule has 0 heterocycles. The highest BCUT2D eigenvalue weighted by atomic mass is 16.2. The summed E-state index contributed by atoms with van der Waals surface area (Å²) in [5, 5.41) is 0. The molecule has 0 aliphatic heterocycles. The van der Waals surface area contributed by atoms with Gasteiger partial charge in [-0.05, 0) is 42.7 Å². The Balaban J connectivity index is 2.10. The van der Waals surface area contributed by atoms with Crippen LogP contribution in [-0.2, 0) is 0 Å². The zero-order chi connectivity index (χ0) is 20.0. The van der Waals surface area contributed by atoms with E-state index >= 15 is 0 Å². The molecule has 2 aromatic rings. The first-order valence-electron chi connectivity index (χ1n) is 9.25. The van der Waals surface area contributed by atoms with Gasteiger partial charge in [-0.1, -0.05) is 38.1 Å². The van der Waals surface area contributed by atoms with Crippen molar-refractivity contribution in [2.24, 2.45) is 11.7 Å². The third kappa shape index (κ3) is 5.41. The third-order valence-electron chi connectivity index (χ3n) is 4.81. The fourth-order valence-corrected chi connectivity index (χ4v) is 2.75. The van der Waals surface area contributed by atoms with Gasteiger partial charge in [0, 0.05) is 43.5 Å². The number of benzene rings is 2. The molecular formula is C22H29N3O2. The van der Waals surface area contributed by atoms with Crippen molar-refractivity contribution in [2.75, 3.05) is 25.5 Å². The minimum absolute atomic E-state index is 0.0627. The number of nitrogens with zero attached hydrogens (tertiary/aromatic N) is 2. The van der Waals surface area contributed by atoms with E-state index in [0.717, 1.165) is 12.1 Å². The second kappa shape index (κ2) is 9.33. The highest BCUT2D eigenvalue weighted by molar-refractivity contribution is 6.07. The number of hydrogen-bond acceptors (Lipinski definition) is 3. The first-order valence-corrected chi connectivity index (χ1v) is 9.25. The van der Waals surface area contributed by atoms with Gasteiger partial charge in [0.2, 0.25) is 0 Å². The normalized spacial score (nSPS) is 11.9. The van der Waals surface area contributed by atoms with Crippen LogP contribution in [0.15, 0.2) is 54.6 Å². The van der Waals surface area contributed by atoms with Crippen molar-refractivity contribution in [3.05, 3.63) is 65.7 Å². The average molecular weight is 367 g/mol. The Bertz CT molecular complexity index is 774. The molecule has 2 N–H and O–H groups in total. The molecule has 1 atom stereocenters. The molecule has 0 radical (unpaired) electrons. The number of para-hydroxylation sites is 1. The predicted molar refractivity (Wildman–Crippen MR) is 110 cm³/mol. The van der Waals surface area contributed by atoms with Crippen molar-refractivity contribution in [1.82, 2.24) is 4.90 Å². The summed E-state index contributed by atoms with van der Waals surface area (Å²) in [6.07, 6.45) is 0.745. The molecule has 0 saturated carbocycles. The fourth-order valence-electron chi connectivity index (χ4n) is 2.75. The largest absolute Gasteiger partial charge is 0.342 e. The van der Waals surface area contributed by atoms with E-state index in [9.17, 15) is 9.59 Å². The molecule has 0 aromatic heterocycles. The monoisotopic (exact) mass is 367 g/mol. The van der Waals surface area contributed by atoms with Gasteiger partial charge < -0.3 is 15.5 Å². The molecular weight excluding hydrogens is 338 g/mol. The molecule has 2 amide bonds. The van der Waals surface area contributed by atoms with Crippen molar-refractivity contribution in [1.29, 1.82) is 0 Å². The molecule has 2 rings (SSSR count). The lowest BCUT2D eigenvalue weighted by Crippen LogP contribution is -2.34. The van der Waals surface area contributed by atoms with E-state index in [0.29, 0.717) is 23.6 Å². The molecule has 0 spiro atoms. The highest BCUT2D eigenvalue weighted by Gasteiger charge is 2.18. The average Bonchev–Trinajstić information content (AvgIpc) is 2.70. The summed E-state index contributed by atoms with van der Waals surface area (Å²) in [4.78, 5) is 28.7. The minimum atomic E-state index is -0.152. The fraction of sp³-hybridized carbons (Fsp3) is 0.364. The van der Waals surface area contributed by atoms with Crippen LogP contribution in [-0.4, -0.2) is 43.4 Å². The molecule has 0 bridgehead atoms. The zero-order valence-electron chi connectivity index (χ0n) is 16.6. The van der Waals surface area contributed by atoms with Crippen molar-refractivity contribution in [2.45, 2.75) is 26.3 Å². The molecule has 0 fully saturated rings. The topological polar surface area (TPSA) is 66.6 Å². The summed E-state index contributed by atoms with van der Waals surface area (Å²) in [7, 11) is 3.49. The molecule has 0 aliphatic carbocycles. The predicted octanol–water partition coefficient (Wildman–Crippen LogP) is 3.41. The van der Waals surface area contributed by atoms with Gasteiger partial charge in [-0.2, -0.15) is 0 Å². The maximum absolute atomic E-state index is 12.8. The number of carbonyl (C=O) groups is 2. The van der Waals surface area contributed by atoms with Crippen LogP contribution >= 0.6 is 0 Å². The number of amides is 2. The first-order chi connectivity index (χ1) is 12.8. The Morgan fingerprint density at radius 1 is 0.926 bits per heavy atom. The molecule has 27 heavy (non-hydrogen) atoms. The summed E-state index contributed by atoms with van der Waals surface area (Å²) in [5.74, 6) is 0.117. The van der Waals surface area contributed by atoms with E-state index < -0.39 is 0 Å².